The van der Waals surface area contributed by atoms with Crippen LogP contribution in [0.3, 0.4) is 0 Å². The van der Waals surface area contributed by atoms with Crippen molar-refractivity contribution in [3.63, 3.8) is 0 Å². The van der Waals surface area contributed by atoms with Gasteiger partial charge in [-0.1, -0.05) is 31.5 Å². The van der Waals surface area contributed by atoms with Crippen LogP contribution in [0.4, 0.5) is 0 Å². The number of sulfone groups is 1. The Morgan fingerprint density at radius 3 is 2.40 bits per heavy atom. The lowest BCUT2D eigenvalue weighted by atomic mass is 9.95. The molecule has 3 rings (SSSR count). The van der Waals surface area contributed by atoms with Crippen LogP contribution >= 0.6 is 11.6 Å². The van der Waals surface area contributed by atoms with E-state index in [1.807, 2.05) is 32.0 Å². The smallest absolute Gasteiger partial charge is 0.221 e. The van der Waals surface area contributed by atoms with E-state index >= 15 is 0 Å². The van der Waals surface area contributed by atoms with Gasteiger partial charge in [0.15, 0.2) is 21.3 Å². The van der Waals surface area contributed by atoms with Crippen LogP contribution in [-0.2, 0) is 14.6 Å². The molecule has 162 valence electrons. The maximum Gasteiger partial charge on any atom is 0.221 e. The van der Waals surface area contributed by atoms with Crippen molar-refractivity contribution in [1.82, 2.24) is 5.32 Å². The van der Waals surface area contributed by atoms with Gasteiger partial charge in [0.05, 0.1) is 29.9 Å². The Kier molecular flexibility index (Phi) is 7.26. The number of hydrogen-bond acceptors (Lipinski definition) is 5. The number of carbonyl (C=O) groups excluding carboxylic acids is 1. The van der Waals surface area contributed by atoms with Gasteiger partial charge in [0.25, 0.3) is 0 Å². The summed E-state index contributed by atoms with van der Waals surface area (Å²) in [7, 11) is -3.56. The van der Waals surface area contributed by atoms with Crippen LogP contribution in [0.2, 0.25) is 5.02 Å². The molecule has 0 saturated heterocycles. The van der Waals surface area contributed by atoms with Crippen molar-refractivity contribution in [2.24, 2.45) is 5.92 Å². The van der Waals surface area contributed by atoms with E-state index < -0.39 is 9.84 Å². The van der Waals surface area contributed by atoms with Gasteiger partial charge in [-0.3, -0.25) is 4.79 Å². The van der Waals surface area contributed by atoms with Crippen LogP contribution in [0.25, 0.3) is 0 Å². The van der Waals surface area contributed by atoms with E-state index in [4.69, 9.17) is 21.1 Å². The van der Waals surface area contributed by atoms with Crippen LogP contribution in [0.1, 0.15) is 38.3 Å². The molecule has 1 amide bonds. The van der Waals surface area contributed by atoms with Gasteiger partial charge in [0, 0.05) is 17.9 Å². The summed E-state index contributed by atoms with van der Waals surface area (Å²) in [6.07, 6.45) is 0.690. The van der Waals surface area contributed by atoms with Gasteiger partial charge in [-0.15, -0.1) is 0 Å². The summed E-state index contributed by atoms with van der Waals surface area (Å²) in [6.45, 7) is 5.19. The zero-order valence-corrected chi connectivity index (χ0v) is 18.6. The summed E-state index contributed by atoms with van der Waals surface area (Å²) in [4.78, 5) is 12.7. The Labute approximate surface area is 182 Å². The van der Waals surface area contributed by atoms with Gasteiger partial charge in [-0.05, 0) is 47.9 Å². The molecule has 0 spiro atoms. The molecule has 1 aliphatic rings. The van der Waals surface area contributed by atoms with Gasteiger partial charge in [0.1, 0.15) is 0 Å². The molecule has 2 aromatic rings. The van der Waals surface area contributed by atoms with Crippen LogP contribution in [-0.4, -0.2) is 33.3 Å². The Hall–Kier alpha value is -2.25. The number of amides is 1. The minimum atomic E-state index is -3.56. The van der Waals surface area contributed by atoms with Crippen molar-refractivity contribution in [1.29, 1.82) is 0 Å². The molecule has 0 saturated carbocycles. The van der Waals surface area contributed by atoms with Crippen molar-refractivity contribution in [2.45, 2.75) is 37.6 Å². The third-order valence-corrected chi connectivity index (χ3v) is 6.87. The number of hydrogen-bond donors (Lipinski definition) is 1. The van der Waals surface area contributed by atoms with Crippen LogP contribution in [0.15, 0.2) is 47.4 Å². The molecular formula is C22H26ClNO5S. The molecule has 1 atom stereocenters. The first kappa shape index (κ1) is 22.4. The fourth-order valence-electron chi connectivity index (χ4n) is 3.24. The predicted molar refractivity (Wildman–Crippen MR) is 116 cm³/mol. The third-order valence-electron chi connectivity index (χ3n) is 4.88. The number of nitrogens with one attached hydrogen (secondary N) is 1. The number of fused-ring (bicyclic) bond motifs is 1. The Morgan fingerprint density at radius 2 is 1.73 bits per heavy atom. The van der Waals surface area contributed by atoms with Gasteiger partial charge in [-0.25, -0.2) is 8.42 Å². The number of halogens is 1. The topological polar surface area (TPSA) is 81.7 Å². The second kappa shape index (κ2) is 9.71. The first-order valence-corrected chi connectivity index (χ1v) is 12.0. The lowest BCUT2D eigenvalue weighted by Crippen LogP contribution is -2.32. The highest BCUT2D eigenvalue weighted by molar-refractivity contribution is 7.91. The van der Waals surface area contributed by atoms with Crippen LogP contribution < -0.4 is 14.8 Å². The molecule has 8 heteroatoms. The predicted octanol–water partition coefficient (Wildman–Crippen LogP) is 4.18. The molecule has 1 heterocycles. The lowest BCUT2D eigenvalue weighted by molar-refractivity contribution is -0.121. The molecular weight excluding hydrogens is 426 g/mol. The quantitative estimate of drug-likeness (QED) is 0.682. The van der Waals surface area contributed by atoms with Gasteiger partial charge in [0.2, 0.25) is 5.91 Å². The van der Waals surface area contributed by atoms with E-state index in [0.29, 0.717) is 29.7 Å². The van der Waals surface area contributed by atoms with E-state index in [0.717, 1.165) is 12.0 Å². The van der Waals surface area contributed by atoms with Crippen LogP contribution in [0, 0.1) is 5.92 Å². The molecule has 0 radical (unpaired) electrons. The standard InChI is InChI=1S/C22H26ClNO5S/c1-15(2)22(16-4-9-19-20(14-16)29-12-3-11-28-19)24-21(25)10-13-30(26,27)18-7-5-17(23)6-8-18/h4-9,14-15,22H,3,10-13H2,1-2H3,(H,24,25)/t22-/m1/s1. The highest BCUT2D eigenvalue weighted by atomic mass is 35.5. The molecule has 1 N–H and O–H groups in total. The summed E-state index contributed by atoms with van der Waals surface area (Å²) in [5.41, 5.74) is 0.892. The van der Waals surface area contributed by atoms with E-state index in [1.54, 1.807) is 0 Å². The fraction of sp³-hybridized carbons (Fsp3) is 0.409. The summed E-state index contributed by atoms with van der Waals surface area (Å²) in [5.74, 6) is 0.867. The van der Waals surface area contributed by atoms with Crippen molar-refractivity contribution in [3.05, 3.63) is 53.1 Å². The summed E-state index contributed by atoms with van der Waals surface area (Å²) in [5, 5.41) is 3.43. The first-order chi connectivity index (χ1) is 14.3. The molecule has 0 fully saturated rings. The van der Waals surface area contributed by atoms with Crippen molar-refractivity contribution in [3.8, 4) is 11.5 Å². The highest BCUT2D eigenvalue weighted by Crippen LogP contribution is 2.34. The lowest BCUT2D eigenvalue weighted by Gasteiger charge is -2.24. The Balaban J connectivity index is 1.67. The number of rotatable bonds is 7. The van der Waals surface area contributed by atoms with Crippen molar-refractivity contribution < 1.29 is 22.7 Å². The molecule has 30 heavy (non-hydrogen) atoms. The number of benzene rings is 2. The third kappa shape index (κ3) is 5.67. The fourth-order valence-corrected chi connectivity index (χ4v) is 4.61. The second-order valence-corrected chi connectivity index (χ2v) is 10.1. The summed E-state index contributed by atoms with van der Waals surface area (Å²) < 4.78 is 36.4. The first-order valence-electron chi connectivity index (χ1n) is 9.93. The molecule has 6 nitrogen and oxygen atoms in total. The van der Waals surface area contributed by atoms with Gasteiger partial charge < -0.3 is 14.8 Å². The average molecular weight is 452 g/mol. The molecule has 2 aromatic carbocycles. The minimum absolute atomic E-state index is 0.103. The van der Waals surface area contributed by atoms with E-state index in [-0.39, 0.29) is 34.9 Å². The van der Waals surface area contributed by atoms with E-state index in [2.05, 4.69) is 5.32 Å². The zero-order chi connectivity index (χ0) is 21.7. The molecule has 0 unspecified atom stereocenters. The summed E-state index contributed by atoms with van der Waals surface area (Å²) >= 11 is 5.81. The number of carbonyl (C=O) groups is 1. The molecule has 1 aliphatic heterocycles. The van der Waals surface area contributed by atoms with E-state index in [9.17, 15) is 13.2 Å². The monoisotopic (exact) mass is 451 g/mol. The Morgan fingerprint density at radius 1 is 1.07 bits per heavy atom. The SMILES string of the molecule is CC(C)[C@@H](NC(=O)CCS(=O)(=O)c1ccc(Cl)cc1)c1ccc2c(c1)OCCCO2. The van der Waals surface area contributed by atoms with Crippen molar-refractivity contribution >= 4 is 27.3 Å². The zero-order valence-electron chi connectivity index (χ0n) is 17.1. The van der Waals surface area contributed by atoms with Crippen LogP contribution in [0.5, 0.6) is 11.5 Å². The van der Waals surface area contributed by atoms with Gasteiger partial charge in [-0.2, -0.15) is 0 Å². The maximum atomic E-state index is 12.6. The minimum Gasteiger partial charge on any atom is -0.490 e. The molecule has 0 aromatic heterocycles. The average Bonchev–Trinajstić information content (AvgIpc) is 2.95. The molecule has 0 aliphatic carbocycles. The largest absolute Gasteiger partial charge is 0.490 e. The molecule has 0 bridgehead atoms. The summed E-state index contributed by atoms with van der Waals surface area (Å²) in [6, 6.07) is 11.3. The number of ether oxygens (including phenoxy) is 2. The maximum absolute atomic E-state index is 12.6. The van der Waals surface area contributed by atoms with Crippen molar-refractivity contribution in [2.75, 3.05) is 19.0 Å². The normalized spacial score (nSPS) is 14.8. The highest BCUT2D eigenvalue weighted by Gasteiger charge is 2.23. The van der Waals surface area contributed by atoms with E-state index in [1.165, 1.54) is 24.3 Å². The second-order valence-electron chi connectivity index (χ2n) is 7.57. The van der Waals surface area contributed by atoms with Gasteiger partial charge >= 0.3 is 0 Å². The Bertz CT molecular complexity index is 989.